The third-order valence-electron chi connectivity index (χ3n) is 2.43. The van der Waals surface area contributed by atoms with Crippen LogP contribution < -0.4 is 5.32 Å². The van der Waals surface area contributed by atoms with Crippen LogP contribution in [0.1, 0.15) is 17.4 Å². The van der Waals surface area contributed by atoms with Gasteiger partial charge in [0, 0.05) is 21.2 Å². The molecule has 1 aromatic carbocycles. The lowest BCUT2D eigenvalue weighted by molar-refractivity contribution is 1.12. The second kappa shape index (κ2) is 5.85. The highest BCUT2D eigenvalue weighted by Gasteiger charge is 2.02. The van der Waals surface area contributed by atoms with E-state index in [1.807, 2.05) is 0 Å². The molecule has 0 saturated carbocycles. The van der Waals surface area contributed by atoms with Crippen molar-refractivity contribution in [1.82, 2.24) is 4.98 Å². The predicted molar refractivity (Wildman–Crippen MR) is 78.0 cm³/mol. The molecule has 0 atom stereocenters. The molecule has 17 heavy (non-hydrogen) atoms. The monoisotopic (exact) mass is 330 g/mol. The standard InChI is InChI=1S/C12H12BrClN2S/c1-2-8-3-4-9(5-11(8)13)15-6-10-7-16-12(14)17-10/h3-5,7,15H,2,6H2,1H3. The number of anilines is 1. The van der Waals surface area contributed by atoms with Gasteiger partial charge in [-0.1, -0.05) is 40.5 Å². The molecule has 2 aromatic rings. The van der Waals surface area contributed by atoms with Gasteiger partial charge in [-0.05, 0) is 24.1 Å². The topological polar surface area (TPSA) is 24.9 Å². The first-order chi connectivity index (χ1) is 8.19. The second-order valence-corrected chi connectivity index (χ2v) is 6.14. The molecule has 1 aromatic heterocycles. The van der Waals surface area contributed by atoms with E-state index in [0.29, 0.717) is 4.47 Å². The number of halogens is 2. The number of rotatable bonds is 4. The Hall–Kier alpha value is -0.580. The Morgan fingerprint density at radius 2 is 2.29 bits per heavy atom. The first-order valence-electron chi connectivity index (χ1n) is 5.31. The van der Waals surface area contributed by atoms with Crippen LogP contribution in [0.15, 0.2) is 28.9 Å². The zero-order valence-electron chi connectivity index (χ0n) is 9.34. The normalized spacial score (nSPS) is 10.5. The molecular weight excluding hydrogens is 320 g/mol. The summed E-state index contributed by atoms with van der Waals surface area (Å²) in [5, 5.41) is 3.35. The zero-order chi connectivity index (χ0) is 12.3. The molecule has 0 aliphatic heterocycles. The summed E-state index contributed by atoms with van der Waals surface area (Å²) in [7, 11) is 0. The molecule has 0 aliphatic rings. The number of benzene rings is 1. The molecule has 0 radical (unpaired) electrons. The maximum Gasteiger partial charge on any atom is 0.183 e. The molecule has 5 heteroatoms. The summed E-state index contributed by atoms with van der Waals surface area (Å²) >= 11 is 10.8. The third-order valence-corrected chi connectivity index (χ3v) is 4.28. The van der Waals surface area contributed by atoms with E-state index in [1.54, 1.807) is 6.20 Å². The van der Waals surface area contributed by atoms with Crippen LogP contribution in [0.25, 0.3) is 0 Å². The van der Waals surface area contributed by atoms with Crippen molar-refractivity contribution in [3.8, 4) is 0 Å². The van der Waals surface area contributed by atoms with E-state index in [1.165, 1.54) is 16.9 Å². The molecule has 0 saturated heterocycles. The Balaban J connectivity index is 2.02. The average molecular weight is 332 g/mol. The minimum absolute atomic E-state index is 0.587. The van der Waals surface area contributed by atoms with Gasteiger partial charge in [0.2, 0.25) is 0 Å². The third kappa shape index (κ3) is 3.44. The summed E-state index contributed by atoms with van der Waals surface area (Å²) in [6.45, 7) is 2.90. The number of aromatic nitrogens is 1. The minimum Gasteiger partial charge on any atom is -0.380 e. The highest BCUT2D eigenvalue weighted by atomic mass is 79.9. The molecule has 0 aliphatic carbocycles. The van der Waals surface area contributed by atoms with Crippen LogP contribution in [0, 0.1) is 0 Å². The van der Waals surface area contributed by atoms with Crippen molar-refractivity contribution in [2.75, 3.05) is 5.32 Å². The SMILES string of the molecule is CCc1ccc(NCc2cnc(Cl)s2)cc1Br. The molecule has 90 valence electrons. The smallest absolute Gasteiger partial charge is 0.183 e. The van der Waals surface area contributed by atoms with Crippen LogP contribution in [0.3, 0.4) is 0 Å². The first kappa shape index (κ1) is 12.9. The molecule has 0 spiro atoms. The number of hydrogen-bond acceptors (Lipinski definition) is 3. The summed E-state index contributed by atoms with van der Waals surface area (Å²) in [6, 6.07) is 6.32. The molecule has 2 nitrogen and oxygen atoms in total. The van der Waals surface area contributed by atoms with E-state index in [2.05, 4.69) is 51.4 Å². The van der Waals surface area contributed by atoms with Crippen LogP contribution in [0.2, 0.25) is 4.47 Å². The lowest BCUT2D eigenvalue weighted by Gasteiger charge is -2.07. The van der Waals surface area contributed by atoms with Gasteiger partial charge in [0.1, 0.15) is 0 Å². The maximum absolute atomic E-state index is 5.78. The Morgan fingerprint density at radius 3 is 2.88 bits per heavy atom. The van der Waals surface area contributed by atoms with Gasteiger partial charge in [-0.3, -0.25) is 0 Å². The lowest BCUT2D eigenvalue weighted by atomic mass is 10.1. The fourth-order valence-corrected chi connectivity index (χ4v) is 3.08. The van der Waals surface area contributed by atoms with Crippen molar-refractivity contribution < 1.29 is 0 Å². The van der Waals surface area contributed by atoms with E-state index in [-0.39, 0.29) is 0 Å². The fraction of sp³-hybridized carbons (Fsp3) is 0.250. The van der Waals surface area contributed by atoms with Crippen molar-refractivity contribution in [2.24, 2.45) is 0 Å². The molecular formula is C12H12BrClN2S. The number of aryl methyl sites for hydroxylation is 1. The van der Waals surface area contributed by atoms with Crippen molar-refractivity contribution >= 4 is 44.6 Å². The van der Waals surface area contributed by atoms with Crippen molar-refractivity contribution in [3.05, 3.63) is 43.8 Å². The van der Waals surface area contributed by atoms with Gasteiger partial charge < -0.3 is 5.32 Å². The Labute approximate surface area is 118 Å². The largest absolute Gasteiger partial charge is 0.380 e. The minimum atomic E-state index is 0.587. The van der Waals surface area contributed by atoms with Crippen LogP contribution in [-0.2, 0) is 13.0 Å². The highest BCUT2D eigenvalue weighted by molar-refractivity contribution is 9.10. The van der Waals surface area contributed by atoms with Gasteiger partial charge >= 0.3 is 0 Å². The van der Waals surface area contributed by atoms with Gasteiger partial charge in [-0.15, -0.1) is 11.3 Å². The lowest BCUT2D eigenvalue weighted by Crippen LogP contribution is -1.97. The number of hydrogen-bond donors (Lipinski definition) is 1. The van der Waals surface area contributed by atoms with Crippen LogP contribution in [-0.4, -0.2) is 4.98 Å². The molecule has 2 rings (SSSR count). The molecule has 1 N–H and O–H groups in total. The maximum atomic E-state index is 5.78. The van der Waals surface area contributed by atoms with E-state index in [4.69, 9.17) is 11.6 Å². The van der Waals surface area contributed by atoms with Gasteiger partial charge in [0.05, 0.1) is 6.54 Å². The highest BCUT2D eigenvalue weighted by Crippen LogP contribution is 2.23. The summed E-state index contributed by atoms with van der Waals surface area (Å²) in [5.41, 5.74) is 2.41. The fourth-order valence-electron chi connectivity index (χ4n) is 1.50. The molecule has 0 amide bonds. The number of nitrogens with zero attached hydrogens (tertiary/aromatic N) is 1. The number of nitrogens with one attached hydrogen (secondary N) is 1. The summed E-state index contributed by atoms with van der Waals surface area (Å²) < 4.78 is 1.73. The van der Waals surface area contributed by atoms with E-state index in [0.717, 1.165) is 28.0 Å². The van der Waals surface area contributed by atoms with E-state index >= 15 is 0 Å². The summed E-state index contributed by atoms with van der Waals surface area (Å²) in [5.74, 6) is 0. The molecule has 0 unspecified atom stereocenters. The zero-order valence-corrected chi connectivity index (χ0v) is 12.5. The van der Waals surface area contributed by atoms with Crippen LogP contribution in [0.5, 0.6) is 0 Å². The predicted octanol–water partition coefficient (Wildman–Crippen LogP) is 4.73. The van der Waals surface area contributed by atoms with Crippen molar-refractivity contribution in [2.45, 2.75) is 19.9 Å². The summed E-state index contributed by atoms with van der Waals surface area (Å²) in [4.78, 5) is 5.14. The molecule has 0 bridgehead atoms. The quantitative estimate of drug-likeness (QED) is 0.875. The number of thiazole rings is 1. The van der Waals surface area contributed by atoms with Gasteiger partial charge in [-0.25, -0.2) is 4.98 Å². The van der Waals surface area contributed by atoms with Crippen LogP contribution in [0.4, 0.5) is 5.69 Å². The Kier molecular flexibility index (Phi) is 4.42. The van der Waals surface area contributed by atoms with Gasteiger partial charge in [0.25, 0.3) is 0 Å². The van der Waals surface area contributed by atoms with E-state index in [9.17, 15) is 0 Å². The Bertz CT molecular complexity index is 513. The second-order valence-electron chi connectivity index (χ2n) is 3.59. The first-order valence-corrected chi connectivity index (χ1v) is 7.30. The average Bonchev–Trinajstić information content (AvgIpc) is 2.73. The van der Waals surface area contributed by atoms with Crippen molar-refractivity contribution in [1.29, 1.82) is 0 Å². The van der Waals surface area contributed by atoms with E-state index < -0.39 is 0 Å². The van der Waals surface area contributed by atoms with Gasteiger partial charge in [-0.2, -0.15) is 0 Å². The Morgan fingerprint density at radius 1 is 1.47 bits per heavy atom. The van der Waals surface area contributed by atoms with Crippen LogP contribution >= 0.6 is 38.9 Å². The molecule has 1 heterocycles. The van der Waals surface area contributed by atoms with Crippen molar-refractivity contribution in [3.63, 3.8) is 0 Å². The summed E-state index contributed by atoms with van der Waals surface area (Å²) in [6.07, 6.45) is 2.83. The van der Waals surface area contributed by atoms with Gasteiger partial charge in [0.15, 0.2) is 4.47 Å². The molecule has 0 fully saturated rings.